The van der Waals surface area contributed by atoms with E-state index in [2.05, 4.69) is 10.9 Å². The normalized spacial score (nSPS) is 35.4. The van der Waals surface area contributed by atoms with Gasteiger partial charge in [-0.15, -0.1) is 0 Å². The molecular formula is C11H17N3O2. The molecule has 88 valence electrons. The summed E-state index contributed by atoms with van der Waals surface area (Å²) in [5, 5.41) is 0. The van der Waals surface area contributed by atoms with Crippen molar-refractivity contribution in [3.8, 4) is 0 Å². The molecule has 0 aromatic rings. The van der Waals surface area contributed by atoms with Crippen LogP contribution in [-0.2, 0) is 9.59 Å². The number of hydrogen-bond acceptors (Lipinski definition) is 3. The number of hydrogen-bond donors (Lipinski definition) is 2. The third-order valence-corrected chi connectivity index (χ3v) is 4.05. The predicted octanol–water partition coefficient (Wildman–Crippen LogP) is -0.220. The molecule has 0 spiro atoms. The Hall–Kier alpha value is -1.10. The van der Waals surface area contributed by atoms with Gasteiger partial charge in [0.2, 0.25) is 11.8 Å². The number of likely N-dealkylation sites (tertiary alicyclic amines) is 1. The number of nitrogens with zero attached hydrogens (tertiary/aromatic N) is 1. The largest absolute Gasteiger partial charge is 0.337 e. The van der Waals surface area contributed by atoms with Crippen molar-refractivity contribution >= 4 is 11.8 Å². The van der Waals surface area contributed by atoms with Crippen molar-refractivity contribution in [3.63, 3.8) is 0 Å². The molecule has 16 heavy (non-hydrogen) atoms. The molecule has 5 heteroatoms. The van der Waals surface area contributed by atoms with Gasteiger partial charge in [0.05, 0.1) is 5.92 Å². The standard InChI is InChI=1S/C11H17N3O2/c15-10-8-6-14(7-4-2-1-3-5-7)11(16)9(8)12-13-10/h7-9,12H,1-6H2,(H,13,15)/t8-,9+/m0/s1. The molecule has 0 aromatic carbocycles. The lowest BCUT2D eigenvalue weighted by Crippen LogP contribution is -2.45. The van der Waals surface area contributed by atoms with Crippen molar-refractivity contribution in [2.45, 2.75) is 44.2 Å². The molecule has 0 aromatic heterocycles. The number of carbonyl (C=O) groups excluding carboxylic acids is 2. The minimum absolute atomic E-state index is 0.0309. The second-order valence-electron chi connectivity index (χ2n) is 5.00. The van der Waals surface area contributed by atoms with Gasteiger partial charge in [-0.05, 0) is 12.8 Å². The maximum absolute atomic E-state index is 12.1. The monoisotopic (exact) mass is 223 g/mol. The van der Waals surface area contributed by atoms with Crippen LogP contribution in [0.3, 0.4) is 0 Å². The lowest BCUT2D eigenvalue weighted by Gasteiger charge is -2.31. The molecule has 1 aliphatic carbocycles. The van der Waals surface area contributed by atoms with Crippen molar-refractivity contribution in [3.05, 3.63) is 0 Å². The lowest BCUT2D eigenvalue weighted by molar-refractivity contribution is -0.132. The number of rotatable bonds is 1. The fourth-order valence-corrected chi connectivity index (χ4v) is 3.12. The molecule has 2 saturated heterocycles. The average molecular weight is 223 g/mol. The van der Waals surface area contributed by atoms with Crippen LogP contribution in [-0.4, -0.2) is 35.3 Å². The second-order valence-corrected chi connectivity index (χ2v) is 5.00. The van der Waals surface area contributed by atoms with E-state index in [0.29, 0.717) is 12.6 Å². The Kier molecular flexibility index (Phi) is 2.35. The highest BCUT2D eigenvalue weighted by molar-refractivity contribution is 5.96. The van der Waals surface area contributed by atoms with Crippen LogP contribution in [0, 0.1) is 5.92 Å². The lowest BCUT2D eigenvalue weighted by atomic mass is 9.94. The maximum Gasteiger partial charge on any atom is 0.242 e. The van der Waals surface area contributed by atoms with Gasteiger partial charge in [-0.2, -0.15) is 0 Å². The quantitative estimate of drug-likeness (QED) is 0.646. The summed E-state index contributed by atoms with van der Waals surface area (Å²) < 4.78 is 0. The number of fused-ring (bicyclic) bond motifs is 1. The van der Waals surface area contributed by atoms with E-state index in [1.807, 2.05) is 4.90 Å². The molecule has 2 amide bonds. The van der Waals surface area contributed by atoms with Gasteiger partial charge < -0.3 is 4.90 Å². The average Bonchev–Trinajstić information content (AvgIpc) is 2.83. The third-order valence-electron chi connectivity index (χ3n) is 4.05. The Morgan fingerprint density at radius 2 is 1.88 bits per heavy atom. The van der Waals surface area contributed by atoms with E-state index < -0.39 is 0 Å². The Bertz CT molecular complexity index is 325. The molecular weight excluding hydrogens is 206 g/mol. The highest BCUT2D eigenvalue weighted by Gasteiger charge is 2.49. The Labute approximate surface area is 94.5 Å². The van der Waals surface area contributed by atoms with E-state index in [4.69, 9.17) is 0 Å². The topological polar surface area (TPSA) is 61.4 Å². The molecule has 2 atom stereocenters. The Morgan fingerprint density at radius 3 is 2.56 bits per heavy atom. The van der Waals surface area contributed by atoms with Crippen LogP contribution in [0.1, 0.15) is 32.1 Å². The van der Waals surface area contributed by atoms with Crippen LogP contribution in [0.2, 0.25) is 0 Å². The summed E-state index contributed by atoms with van der Waals surface area (Å²) in [6, 6.07) is 0.0656. The van der Waals surface area contributed by atoms with Crippen molar-refractivity contribution < 1.29 is 9.59 Å². The number of amides is 2. The van der Waals surface area contributed by atoms with Crippen molar-refractivity contribution in [2.75, 3.05) is 6.54 Å². The van der Waals surface area contributed by atoms with Crippen LogP contribution in [0.25, 0.3) is 0 Å². The molecule has 2 heterocycles. The van der Waals surface area contributed by atoms with Crippen molar-refractivity contribution in [1.82, 2.24) is 15.8 Å². The van der Waals surface area contributed by atoms with Crippen molar-refractivity contribution in [1.29, 1.82) is 0 Å². The summed E-state index contributed by atoms with van der Waals surface area (Å²) in [4.78, 5) is 25.5. The Morgan fingerprint density at radius 1 is 1.12 bits per heavy atom. The zero-order valence-corrected chi connectivity index (χ0v) is 9.24. The van der Waals surface area contributed by atoms with Crippen LogP contribution in [0.5, 0.6) is 0 Å². The molecule has 3 fully saturated rings. The number of hydrazine groups is 1. The first-order valence-electron chi connectivity index (χ1n) is 6.13. The molecule has 2 N–H and O–H groups in total. The first-order valence-corrected chi connectivity index (χ1v) is 6.13. The SMILES string of the molecule is O=C1NN[C@H]2C(=O)N(C3CCCCC3)C[C@H]12. The minimum Gasteiger partial charge on any atom is -0.337 e. The van der Waals surface area contributed by atoms with Crippen molar-refractivity contribution in [2.24, 2.45) is 5.92 Å². The summed E-state index contributed by atoms with van der Waals surface area (Å²) in [7, 11) is 0. The zero-order valence-electron chi connectivity index (χ0n) is 9.24. The number of carbonyl (C=O) groups is 2. The molecule has 0 bridgehead atoms. The highest BCUT2D eigenvalue weighted by Crippen LogP contribution is 2.30. The van der Waals surface area contributed by atoms with Gasteiger partial charge in [-0.25, -0.2) is 5.43 Å². The summed E-state index contributed by atoms with van der Waals surface area (Å²) in [6.07, 6.45) is 5.91. The Balaban J connectivity index is 1.73. The van der Waals surface area contributed by atoms with Gasteiger partial charge >= 0.3 is 0 Å². The fourth-order valence-electron chi connectivity index (χ4n) is 3.12. The maximum atomic E-state index is 12.1. The van der Waals surface area contributed by atoms with Crippen LogP contribution < -0.4 is 10.9 Å². The van der Waals surface area contributed by atoms with E-state index in [1.54, 1.807) is 0 Å². The van der Waals surface area contributed by atoms with E-state index >= 15 is 0 Å². The van der Waals surface area contributed by atoms with Gasteiger partial charge in [0.15, 0.2) is 0 Å². The third kappa shape index (κ3) is 1.42. The minimum atomic E-state index is -0.311. The first-order chi connectivity index (χ1) is 7.77. The smallest absolute Gasteiger partial charge is 0.242 e. The van der Waals surface area contributed by atoms with Gasteiger partial charge in [-0.3, -0.25) is 15.0 Å². The molecule has 0 unspecified atom stereocenters. The fraction of sp³-hybridized carbons (Fsp3) is 0.818. The second kappa shape index (κ2) is 3.73. The van der Waals surface area contributed by atoms with Gasteiger partial charge in [0.1, 0.15) is 6.04 Å². The van der Waals surface area contributed by atoms with E-state index in [9.17, 15) is 9.59 Å². The molecule has 3 aliphatic rings. The van der Waals surface area contributed by atoms with Gasteiger partial charge in [0.25, 0.3) is 0 Å². The summed E-state index contributed by atoms with van der Waals surface area (Å²) >= 11 is 0. The molecule has 3 rings (SSSR count). The van der Waals surface area contributed by atoms with Gasteiger partial charge in [-0.1, -0.05) is 19.3 Å². The van der Waals surface area contributed by atoms with E-state index in [0.717, 1.165) is 12.8 Å². The van der Waals surface area contributed by atoms with Gasteiger partial charge in [0, 0.05) is 12.6 Å². The number of nitrogens with one attached hydrogen (secondary N) is 2. The predicted molar refractivity (Wildman–Crippen MR) is 57.1 cm³/mol. The summed E-state index contributed by atoms with van der Waals surface area (Å²) in [5.41, 5.74) is 5.34. The molecule has 1 saturated carbocycles. The molecule has 2 aliphatic heterocycles. The zero-order chi connectivity index (χ0) is 11.1. The van der Waals surface area contributed by atoms with Crippen LogP contribution >= 0.6 is 0 Å². The highest BCUT2D eigenvalue weighted by atomic mass is 16.2. The van der Waals surface area contributed by atoms with Crippen LogP contribution in [0.4, 0.5) is 0 Å². The summed E-state index contributed by atoms with van der Waals surface area (Å²) in [6.45, 7) is 0.604. The molecule has 5 nitrogen and oxygen atoms in total. The summed E-state index contributed by atoms with van der Waals surface area (Å²) in [5.74, 6) is -0.0960. The van der Waals surface area contributed by atoms with Crippen LogP contribution in [0.15, 0.2) is 0 Å². The van der Waals surface area contributed by atoms with E-state index in [-0.39, 0.29) is 23.8 Å². The first kappa shape index (κ1) is 10.1. The van der Waals surface area contributed by atoms with E-state index in [1.165, 1.54) is 19.3 Å². The molecule has 0 radical (unpaired) electrons.